The first-order chi connectivity index (χ1) is 10.5. The number of hydrogen-bond donors (Lipinski definition) is 1. The molecule has 0 aliphatic rings. The van der Waals surface area contributed by atoms with E-state index in [9.17, 15) is 9.90 Å². The Morgan fingerprint density at radius 2 is 2.09 bits per heavy atom. The number of carbonyl (C=O) groups excluding carboxylic acids is 1. The topological polar surface area (TPSA) is 46.5 Å². The maximum Gasteiger partial charge on any atom is 0.305 e. The average molecular weight is 359 g/mol. The van der Waals surface area contributed by atoms with E-state index in [1.54, 1.807) is 18.2 Å². The van der Waals surface area contributed by atoms with Crippen molar-refractivity contribution in [2.75, 3.05) is 7.11 Å². The second-order valence-electron chi connectivity index (χ2n) is 4.86. The van der Waals surface area contributed by atoms with Gasteiger partial charge in [0.2, 0.25) is 0 Å². The zero-order valence-corrected chi connectivity index (χ0v) is 14.3. The normalized spacial score (nSPS) is 13.6. The molecule has 2 aromatic rings. The Kier molecular flexibility index (Phi) is 6.26. The Labute approximate surface area is 143 Å². The highest BCUT2D eigenvalue weighted by Gasteiger charge is 2.25. The molecule has 2 rings (SSSR count). The van der Waals surface area contributed by atoms with Gasteiger partial charge in [-0.2, -0.15) is 0 Å². The summed E-state index contributed by atoms with van der Waals surface area (Å²) < 4.78 is 5.30. The van der Waals surface area contributed by atoms with E-state index in [-0.39, 0.29) is 18.3 Å². The summed E-state index contributed by atoms with van der Waals surface area (Å²) in [6.07, 6.45) is -0.0614. The van der Waals surface area contributed by atoms with E-state index < -0.39 is 6.10 Å². The van der Waals surface area contributed by atoms with E-state index in [4.69, 9.17) is 23.2 Å². The van der Waals surface area contributed by atoms with E-state index >= 15 is 0 Å². The van der Waals surface area contributed by atoms with Crippen molar-refractivity contribution < 1.29 is 14.6 Å². The minimum atomic E-state index is -0.749. The van der Waals surface area contributed by atoms with Gasteiger partial charge in [0.15, 0.2) is 0 Å². The first kappa shape index (κ1) is 17.3. The maximum atomic E-state index is 11.4. The molecule has 1 aromatic heterocycles. The van der Waals surface area contributed by atoms with Crippen molar-refractivity contribution in [1.82, 2.24) is 0 Å². The quantitative estimate of drug-likeness (QED) is 0.752. The molecule has 0 radical (unpaired) electrons. The van der Waals surface area contributed by atoms with Gasteiger partial charge < -0.3 is 9.84 Å². The Morgan fingerprint density at radius 1 is 1.32 bits per heavy atom. The van der Waals surface area contributed by atoms with E-state index in [1.807, 2.05) is 18.2 Å². The van der Waals surface area contributed by atoms with Gasteiger partial charge in [-0.25, -0.2) is 0 Å². The van der Waals surface area contributed by atoms with Crippen LogP contribution in [-0.4, -0.2) is 18.2 Å². The third kappa shape index (κ3) is 4.46. The Hall–Kier alpha value is -1.07. The van der Waals surface area contributed by atoms with Crippen molar-refractivity contribution in [3.05, 3.63) is 56.2 Å². The van der Waals surface area contributed by atoms with Gasteiger partial charge >= 0.3 is 5.97 Å². The number of benzene rings is 1. The molecule has 0 saturated carbocycles. The number of hydrogen-bond acceptors (Lipinski definition) is 4. The largest absolute Gasteiger partial charge is 0.469 e. The summed E-state index contributed by atoms with van der Waals surface area (Å²) in [5.41, 5.74) is 0.883. The number of carbonyl (C=O) groups is 1. The molecule has 3 nitrogen and oxygen atoms in total. The number of aliphatic hydroxyl groups excluding tert-OH is 1. The number of halogens is 2. The summed E-state index contributed by atoms with van der Waals surface area (Å²) in [4.78, 5) is 12.2. The Morgan fingerprint density at radius 3 is 2.68 bits per heavy atom. The molecule has 0 aliphatic carbocycles. The lowest BCUT2D eigenvalue weighted by Crippen LogP contribution is -2.12. The molecule has 0 bridgehead atoms. The number of ether oxygens (including phenoxy) is 1. The number of aliphatic hydroxyl groups is 1. The predicted molar refractivity (Wildman–Crippen MR) is 89.7 cm³/mol. The maximum absolute atomic E-state index is 11.4. The van der Waals surface area contributed by atoms with Crippen molar-refractivity contribution >= 4 is 40.5 Å². The fourth-order valence-electron chi connectivity index (χ4n) is 2.30. The van der Waals surface area contributed by atoms with Gasteiger partial charge in [-0.1, -0.05) is 35.3 Å². The van der Waals surface area contributed by atoms with Gasteiger partial charge in [0.05, 0.1) is 17.6 Å². The molecule has 0 aliphatic heterocycles. The fraction of sp³-hybridized carbons (Fsp3) is 0.312. The van der Waals surface area contributed by atoms with Crippen LogP contribution in [0.15, 0.2) is 36.4 Å². The smallest absolute Gasteiger partial charge is 0.305 e. The molecular weight excluding hydrogens is 343 g/mol. The highest BCUT2D eigenvalue weighted by Crippen LogP contribution is 2.39. The van der Waals surface area contributed by atoms with Gasteiger partial charge in [0.1, 0.15) is 0 Å². The molecule has 22 heavy (non-hydrogen) atoms. The van der Waals surface area contributed by atoms with Crippen molar-refractivity contribution in [2.24, 2.45) is 0 Å². The van der Waals surface area contributed by atoms with Crippen LogP contribution in [0.3, 0.4) is 0 Å². The van der Waals surface area contributed by atoms with Crippen LogP contribution in [0.2, 0.25) is 9.36 Å². The zero-order chi connectivity index (χ0) is 16.1. The van der Waals surface area contributed by atoms with Crippen LogP contribution in [0.25, 0.3) is 0 Å². The third-order valence-electron chi connectivity index (χ3n) is 3.43. The average Bonchev–Trinajstić information content (AvgIpc) is 2.93. The molecule has 0 unspecified atom stereocenters. The number of rotatable bonds is 6. The van der Waals surface area contributed by atoms with Crippen molar-refractivity contribution in [3.8, 4) is 0 Å². The summed E-state index contributed by atoms with van der Waals surface area (Å²) in [6.45, 7) is 0. The highest BCUT2D eigenvalue weighted by atomic mass is 35.5. The fourth-order valence-corrected chi connectivity index (χ4v) is 3.62. The van der Waals surface area contributed by atoms with Crippen molar-refractivity contribution in [1.29, 1.82) is 0 Å². The molecule has 1 N–H and O–H groups in total. The Bertz CT molecular complexity index is 642. The lowest BCUT2D eigenvalue weighted by molar-refractivity contribution is -0.140. The number of esters is 1. The van der Waals surface area contributed by atoms with Gasteiger partial charge in [0.25, 0.3) is 0 Å². The third-order valence-corrected chi connectivity index (χ3v) is 4.97. The zero-order valence-electron chi connectivity index (χ0n) is 12.0. The van der Waals surface area contributed by atoms with Crippen LogP contribution in [0.4, 0.5) is 0 Å². The van der Waals surface area contributed by atoms with Crippen LogP contribution in [0.1, 0.15) is 35.3 Å². The van der Waals surface area contributed by atoms with Gasteiger partial charge in [-0.15, -0.1) is 11.3 Å². The van der Waals surface area contributed by atoms with Crippen LogP contribution < -0.4 is 0 Å². The first-order valence-electron chi connectivity index (χ1n) is 6.77. The lowest BCUT2D eigenvalue weighted by Gasteiger charge is -2.22. The lowest BCUT2D eigenvalue weighted by atomic mass is 9.88. The van der Waals surface area contributed by atoms with E-state index in [1.165, 1.54) is 18.4 Å². The van der Waals surface area contributed by atoms with Crippen molar-refractivity contribution in [3.63, 3.8) is 0 Å². The van der Waals surface area contributed by atoms with Gasteiger partial charge in [0, 0.05) is 22.2 Å². The summed E-state index contributed by atoms with van der Waals surface area (Å²) in [6, 6.07) is 10.9. The minimum absolute atomic E-state index is 0.226. The van der Waals surface area contributed by atoms with Gasteiger partial charge in [-0.3, -0.25) is 4.79 Å². The van der Waals surface area contributed by atoms with Crippen LogP contribution in [0, 0.1) is 0 Å². The molecule has 0 amide bonds. The van der Waals surface area contributed by atoms with Gasteiger partial charge in [-0.05, 0) is 36.2 Å². The molecule has 1 heterocycles. The standard InChI is InChI=1S/C16H16Cl2O3S/c1-21-15(19)8-5-12(10-3-2-4-11(17)9-10)16(20)13-6-7-14(18)22-13/h2-4,6-7,9,12,16,20H,5,8H2,1H3/t12-,16-/m0/s1. The van der Waals surface area contributed by atoms with Crippen LogP contribution in [-0.2, 0) is 9.53 Å². The molecule has 6 heteroatoms. The number of methoxy groups -OCH3 is 1. The van der Waals surface area contributed by atoms with E-state index in [0.29, 0.717) is 15.8 Å². The summed E-state index contributed by atoms with van der Waals surface area (Å²) in [5, 5.41) is 11.3. The molecule has 1 aromatic carbocycles. The predicted octanol–water partition coefficient (Wildman–Crippen LogP) is 4.83. The number of thiophene rings is 1. The van der Waals surface area contributed by atoms with Crippen LogP contribution in [0.5, 0.6) is 0 Å². The SMILES string of the molecule is COC(=O)CC[C@@H](c1cccc(Cl)c1)[C@H](O)c1ccc(Cl)s1. The highest BCUT2D eigenvalue weighted by molar-refractivity contribution is 7.16. The molecular formula is C16H16Cl2O3S. The molecule has 0 saturated heterocycles. The summed E-state index contributed by atoms with van der Waals surface area (Å²) in [5.74, 6) is -0.559. The summed E-state index contributed by atoms with van der Waals surface area (Å²) >= 11 is 13.3. The van der Waals surface area contributed by atoms with E-state index in [2.05, 4.69) is 4.74 Å². The molecule has 0 spiro atoms. The molecule has 2 atom stereocenters. The summed E-state index contributed by atoms with van der Waals surface area (Å²) in [7, 11) is 1.35. The first-order valence-corrected chi connectivity index (χ1v) is 8.34. The minimum Gasteiger partial charge on any atom is -0.469 e. The Balaban J connectivity index is 2.26. The van der Waals surface area contributed by atoms with Crippen molar-refractivity contribution in [2.45, 2.75) is 24.9 Å². The second kappa shape index (κ2) is 7.97. The van der Waals surface area contributed by atoms with E-state index in [0.717, 1.165) is 10.4 Å². The van der Waals surface area contributed by atoms with Crippen LogP contribution >= 0.6 is 34.5 Å². The second-order valence-corrected chi connectivity index (χ2v) is 7.05. The monoisotopic (exact) mass is 358 g/mol. The molecule has 118 valence electrons. The molecule has 0 fully saturated rings.